The third kappa shape index (κ3) is 2.79. The second-order valence-corrected chi connectivity index (χ2v) is 3.27. The van der Waals surface area contributed by atoms with E-state index in [1.165, 1.54) is 12.3 Å². The van der Waals surface area contributed by atoms with E-state index in [0.29, 0.717) is 5.56 Å². The van der Waals surface area contributed by atoms with Gasteiger partial charge in [-0.25, -0.2) is 4.98 Å². The van der Waals surface area contributed by atoms with Gasteiger partial charge in [-0.1, -0.05) is 0 Å². The molecule has 0 saturated heterocycles. The molecule has 7 N–H and O–H groups in total. The van der Waals surface area contributed by atoms with Crippen molar-refractivity contribution < 1.29 is 15.3 Å². The maximum absolute atomic E-state index is 9.64. The van der Waals surface area contributed by atoms with Gasteiger partial charge < -0.3 is 26.8 Å². The number of rotatable bonds is 4. The molecule has 1 rings (SSSR count). The Morgan fingerprint density at radius 2 is 2.00 bits per heavy atom. The van der Waals surface area contributed by atoms with Crippen molar-refractivity contribution in [2.24, 2.45) is 0 Å². The summed E-state index contributed by atoms with van der Waals surface area (Å²) in [4.78, 5) is 3.76. The van der Waals surface area contributed by atoms with Crippen LogP contribution in [-0.2, 0) is 0 Å². The predicted octanol–water partition coefficient (Wildman–Crippen LogP) is -0.977. The van der Waals surface area contributed by atoms with Crippen LogP contribution < -0.4 is 11.5 Å². The lowest BCUT2D eigenvalue weighted by atomic mass is 10.0. The third-order valence-electron chi connectivity index (χ3n) is 2.10. The van der Waals surface area contributed by atoms with Crippen LogP contribution in [0.3, 0.4) is 0 Å². The molecule has 0 spiro atoms. The van der Waals surface area contributed by atoms with Crippen LogP contribution in [0.1, 0.15) is 18.1 Å². The maximum Gasteiger partial charge on any atom is 0.146 e. The Bertz CT molecular complexity index is 332. The van der Waals surface area contributed by atoms with E-state index in [1.807, 2.05) is 0 Å². The fourth-order valence-corrected chi connectivity index (χ4v) is 1.18. The number of aliphatic hydroxyl groups excluding tert-OH is 3. The first-order valence-corrected chi connectivity index (χ1v) is 4.54. The van der Waals surface area contributed by atoms with Crippen molar-refractivity contribution in [3.05, 3.63) is 17.8 Å². The summed E-state index contributed by atoms with van der Waals surface area (Å²) in [5.41, 5.74) is 11.5. The minimum atomic E-state index is -1.12. The van der Waals surface area contributed by atoms with Gasteiger partial charge in [-0.15, -0.1) is 0 Å². The van der Waals surface area contributed by atoms with Crippen molar-refractivity contribution in [3.8, 4) is 0 Å². The Hall–Kier alpha value is -1.37. The summed E-state index contributed by atoms with van der Waals surface area (Å²) in [6.45, 7) is -0.198. The van der Waals surface area contributed by atoms with E-state index in [2.05, 4.69) is 4.98 Å². The first-order chi connectivity index (χ1) is 7.06. The van der Waals surface area contributed by atoms with Crippen molar-refractivity contribution in [1.29, 1.82) is 0 Å². The number of aromatic nitrogens is 1. The average Bonchev–Trinajstić information content (AvgIpc) is 2.21. The predicted molar refractivity (Wildman–Crippen MR) is 55.7 cm³/mol. The average molecular weight is 213 g/mol. The van der Waals surface area contributed by atoms with Gasteiger partial charge in [-0.3, -0.25) is 0 Å². The zero-order valence-corrected chi connectivity index (χ0v) is 8.17. The molecular formula is C9H15N3O3. The van der Waals surface area contributed by atoms with E-state index in [4.69, 9.17) is 16.6 Å². The van der Waals surface area contributed by atoms with Gasteiger partial charge in [0.1, 0.15) is 11.9 Å². The van der Waals surface area contributed by atoms with Gasteiger partial charge in [-0.05, 0) is 12.5 Å². The van der Waals surface area contributed by atoms with Crippen LogP contribution in [0.5, 0.6) is 0 Å². The molecule has 0 amide bonds. The van der Waals surface area contributed by atoms with E-state index in [1.54, 1.807) is 0 Å². The molecule has 2 unspecified atom stereocenters. The van der Waals surface area contributed by atoms with Gasteiger partial charge in [0.25, 0.3) is 0 Å². The smallest absolute Gasteiger partial charge is 0.146 e. The van der Waals surface area contributed by atoms with E-state index < -0.39 is 12.2 Å². The Balaban J connectivity index is 2.81. The van der Waals surface area contributed by atoms with Crippen LogP contribution >= 0.6 is 0 Å². The third-order valence-corrected chi connectivity index (χ3v) is 2.10. The summed E-state index contributed by atoms with van der Waals surface area (Å²) in [6.07, 6.45) is -0.727. The van der Waals surface area contributed by atoms with E-state index in [9.17, 15) is 10.2 Å². The Morgan fingerprint density at radius 1 is 1.33 bits per heavy atom. The van der Waals surface area contributed by atoms with Crippen molar-refractivity contribution in [1.82, 2.24) is 4.98 Å². The zero-order chi connectivity index (χ0) is 11.4. The summed E-state index contributed by atoms with van der Waals surface area (Å²) >= 11 is 0. The van der Waals surface area contributed by atoms with Gasteiger partial charge in [0, 0.05) is 18.4 Å². The van der Waals surface area contributed by atoms with Crippen LogP contribution in [-0.4, -0.2) is 33.0 Å². The molecule has 0 bridgehead atoms. The molecule has 1 aromatic heterocycles. The summed E-state index contributed by atoms with van der Waals surface area (Å²) in [6, 6.07) is 1.45. The van der Waals surface area contributed by atoms with Gasteiger partial charge >= 0.3 is 0 Å². The molecule has 6 nitrogen and oxygen atoms in total. The monoisotopic (exact) mass is 213 g/mol. The lowest BCUT2D eigenvalue weighted by molar-refractivity contribution is 0.00409. The Labute approximate surface area is 87.2 Å². The highest BCUT2D eigenvalue weighted by atomic mass is 16.3. The normalized spacial score (nSPS) is 14.9. The minimum absolute atomic E-state index is 0.0887. The standard InChI is InChI=1S/C9H15N3O3/c10-6-3-5(4-12-9(6)11)8(15)7(14)1-2-13/h3-4,7-8,13-15H,1-2,10H2,(H2,11,12). The van der Waals surface area contributed by atoms with Crippen LogP contribution in [0, 0.1) is 0 Å². The molecule has 1 heterocycles. The number of hydrogen-bond donors (Lipinski definition) is 5. The molecule has 0 aliphatic heterocycles. The lowest BCUT2D eigenvalue weighted by Crippen LogP contribution is -2.20. The summed E-state index contributed by atoms with van der Waals surface area (Å²) in [7, 11) is 0. The molecule has 6 heteroatoms. The summed E-state index contributed by atoms with van der Waals surface area (Å²) in [5.74, 6) is 0.183. The molecule has 2 atom stereocenters. The molecule has 0 saturated carbocycles. The van der Waals surface area contributed by atoms with E-state index in [-0.39, 0.29) is 24.5 Å². The largest absolute Gasteiger partial charge is 0.396 e. The number of anilines is 2. The van der Waals surface area contributed by atoms with Crippen LogP contribution in [0.4, 0.5) is 11.5 Å². The number of pyridine rings is 1. The Morgan fingerprint density at radius 3 is 2.53 bits per heavy atom. The van der Waals surface area contributed by atoms with Crippen LogP contribution in [0.2, 0.25) is 0 Å². The Kier molecular flexibility index (Phi) is 3.84. The van der Waals surface area contributed by atoms with Crippen molar-refractivity contribution in [3.63, 3.8) is 0 Å². The zero-order valence-electron chi connectivity index (χ0n) is 8.17. The molecule has 0 fully saturated rings. The van der Waals surface area contributed by atoms with Gasteiger partial charge in [0.15, 0.2) is 0 Å². The fourth-order valence-electron chi connectivity index (χ4n) is 1.18. The van der Waals surface area contributed by atoms with Crippen LogP contribution in [0.25, 0.3) is 0 Å². The highest BCUT2D eigenvalue weighted by Crippen LogP contribution is 2.22. The summed E-state index contributed by atoms with van der Waals surface area (Å²) < 4.78 is 0. The number of hydrogen-bond acceptors (Lipinski definition) is 6. The second kappa shape index (κ2) is 4.92. The number of aliphatic hydroxyl groups is 3. The quantitative estimate of drug-likeness (QED) is 0.438. The molecule has 0 aromatic carbocycles. The fraction of sp³-hybridized carbons (Fsp3) is 0.444. The second-order valence-electron chi connectivity index (χ2n) is 3.27. The SMILES string of the molecule is Nc1cc(C(O)C(O)CCO)cnc1N. The maximum atomic E-state index is 9.64. The molecule has 84 valence electrons. The lowest BCUT2D eigenvalue weighted by Gasteiger charge is -2.17. The topological polar surface area (TPSA) is 126 Å². The highest BCUT2D eigenvalue weighted by molar-refractivity contribution is 5.58. The number of nitrogens with two attached hydrogens (primary N) is 2. The van der Waals surface area contributed by atoms with Crippen LogP contribution in [0.15, 0.2) is 12.3 Å². The number of nitrogens with zero attached hydrogens (tertiary/aromatic N) is 1. The first-order valence-electron chi connectivity index (χ1n) is 4.54. The van der Waals surface area contributed by atoms with Gasteiger partial charge in [0.2, 0.25) is 0 Å². The molecular weight excluding hydrogens is 198 g/mol. The van der Waals surface area contributed by atoms with Gasteiger partial charge in [0.05, 0.1) is 11.8 Å². The molecule has 0 aliphatic rings. The highest BCUT2D eigenvalue weighted by Gasteiger charge is 2.18. The minimum Gasteiger partial charge on any atom is -0.396 e. The van der Waals surface area contributed by atoms with Crippen molar-refractivity contribution in [2.75, 3.05) is 18.1 Å². The van der Waals surface area contributed by atoms with Crippen molar-refractivity contribution >= 4 is 11.5 Å². The van der Waals surface area contributed by atoms with E-state index >= 15 is 0 Å². The molecule has 0 aliphatic carbocycles. The van der Waals surface area contributed by atoms with Crippen molar-refractivity contribution in [2.45, 2.75) is 18.6 Å². The molecule has 15 heavy (non-hydrogen) atoms. The molecule has 1 aromatic rings. The molecule has 0 radical (unpaired) electrons. The first kappa shape index (κ1) is 11.7. The summed E-state index contributed by atoms with van der Waals surface area (Å²) in [5, 5.41) is 27.7. The number of nitrogen functional groups attached to an aromatic ring is 2. The van der Waals surface area contributed by atoms with E-state index in [0.717, 1.165) is 0 Å². The van der Waals surface area contributed by atoms with Gasteiger partial charge in [-0.2, -0.15) is 0 Å².